The first kappa shape index (κ1) is 19.3. The van der Waals surface area contributed by atoms with Crippen LogP contribution in [0.2, 0.25) is 0 Å². The van der Waals surface area contributed by atoms with Crippen LogP contribution in [0.5, 0.6) is 17.2 Å². The molecular formula is C22H25N3O4. The van der Waals surface area contributed by atoms with Crippen LogP contribution in [0.15, 0.2) is 47.5 Å². The number of carboxylic acid groups (broad SMARTS) is 1. The zero-order valence-corrected chi connectivity index (χ0v) is 16.6. The van der Waals surface area contributed by atoms with Crippen molar-refractivity contribution in [3.8, 4) is 17.2 Å². The Morgan fingerprint density at radius 3 is 2.55 bits per heavy atom. The number of benzene rings is 2. The van der Waals surface area contributed by atoms with Gasteiger partial charge in [0.2, 0.25) is 0 Å². The average Bonchev–Trinajstić information content (AvgIpc) is 2.84. The maximum absolute atomic E-state index is 11.4. The number of carboxylic acids is 1. The van der Waals surface area contributed by atoms with Crippen molar-refractivity contribution in [1.29, 1.82) is 0 Å². The highest BCUT2D eigenvalue weighted by atomic mass is 16.5. The second kappa shape index (κ2) is 7.40. The van der Waals surface area contributed by atoms with Gasteiger partial charge in [-0.25, -0.2) is 4.99 Å². The SMILES string of the molecule is CC(C)(CN1CCN(C2=Nc3ccc(O)cc3Oc3ccccc32)CC1)C(=O)O. The van der Waals surface area contributed by atoms with Gasteiger partial charge in [-0.1, -0.05) is 12.1 Å². The molecule has 2 aromatic rings. The number of piperazine rings is 1. The Labute approximate surface area is 169 Å². The van der Waals surface area contributed by atoms with E-state index in [1.165, 1.54) is 0 Å². The Kier molecular flexibility index (Phi) is 4.92. The zero-order chi connectivity index (χ0) is 20.6. The number of amidine groups is 1. The number of ether oxygens (including phenoxy) is 1. The van der Waals surface area contributed by atoms with E-state index in [0.717, 1.165) is 37.6 Å². The molecule has 0 aromatic heterocycles. The van der Waals surface area contributed by atoms with Crippen LogP contribution in [-0.4, -0.2) is 64.5 Å². The van der Waals surface area contributed by atoms with E-state index in [1.54, 1.807) is 32.0 Å². The fourth-order valence-electron chi connectivity index (χ4n) is 3.70. The predicted molar refractivity (Wildman–Crippen MR) is 110 cm³/mol. The van der Waals surface area contributed by atoms with Gasteiger partial charge in [0.1, 0.15) is 23.0 Å². The third-order valence-corrected chi connectivity index (χ3v) is 5.39. The van der Waals surface area contributed by atoms with Crippen molar-refractivity contribution in [3.63, 3.8) is 0 Å². The smallest absolute Gasteiger partial charge is 0.310 e. The van der Waals surface area contributed by atoms with Crippen molar-refractivity contribution in [2.24, 2.45) is 10.4 Å². The van der Waals surface area contributed by atoms with Gasteiger partial charge in [-0.05, 0) is 38.1 Å². The zero-order valence-electron chi connectivity index (χ0n) is 16.6. The molecule has 0 amide bonds. The summed E-state index contributed by atoms with van der Waals surface area (Å²) >= 11 is 0. The minimum absolute atomic E-state index is 0.134. The number of nitrogens with zero attached hydrogens (tertiary/aromatic N) is 3. The molecule has 1 fully saturated rings. The minimum Gasteiger partial charge on any atom is -0.508 e. The van der Waals surface area contributed by atoms with E-state index in [0.29, 0.717) is 23.7 Å². The lowest BCUT2D eigenvalue weighted by molar-refractivity contribution is -0.148. The molecule has 0 bridgehead atoms. The minimum atomic E-state index is -0.779. The molecule has 0 saturated carbocycles. The Morgan fingerprint density at radius 1 is 1.10 bits per heavy atom. The Morgan fingerprint density at radius 2 is 1.83 bits per heavy atom. The Hall–Kier alpha value is -3.06. The lowest BCUT2D eigenvalue weighted by atomic mass is 9.93. The number of phenols is 1. The monoisotopic (exact) mass is 395 g/mol. The van der Waals surface area contributed by atoms with Gasteiger partial charge >= 0.3 is 5.97 Å². The molecule has 2 N–H and O–H groups in total. The normalized spacial score (nSPS) is 16.9. The van der Waals surface area contributed by atoms with E-state index in [9.17, 15) is 15.0 Å². The summed E-state index contributed by atoms with van der Waals surface area (Å²) in [5, 5.41) is 19.2. The van der Waals surface area contributed by atoms with Crippen LogP contribution in [0, 0.1) is 5.41 Å². The van der Waals surface area contributed by atoms with E-state index < -0.39 is 11.4 Å². The second-order valence-electron chi connectivity index (χ2n) is 8.14. The molecule has 0 atom stereocenters. The average molecular weight is 395 g/mol. The molecule has 4 rings (SSSR count). The lowest BCUT2D eigenvalue weighted by Crippen LogP contribution is -2.52. The summed E-state index contributed by atoms with van der Waals surface area (Å²) in [6, 6.07) is 12.7. The standard InChI is InChI=1S/C22H25N3O4/c1-22(2,21(27)28)14-24-9-11-25(12-10-24)20-16-5-3-4-6-18(16)29-19-13-15(26)7-8-17(19)23-20/h3-8,13,26H,9-12,14H2,1-2H3,(H,27,28). The van der Waals surface area contributed by atoms with Crippen LogP contribution in [-0.2, 0) is 4.79 Å². The first-order valence-electron chi connectivity index (χ1n) is 9.73. The molecule has 1 saturated heterocycles. The molecule has 0 unspecified atom stereocenters. The summed E-state index contributed by atoms with van der Waals surface area (Å²) in [6.45, 7) is 7.06. The Bertz CT molecular complexity index is 962. The first-order valence-corrected chi connectivity index (χ1v) is 9.73. The summed E-state index contributed by atoms with van der Waals surface area (Å²) in [5.41, 5.74) is 0.801. The van der Waals surface area contributed by atoms with E-state index >= 15 is 0 Å². The van der Waals surface area contributed by atoms with Gasteiger partial charge < -0.3 is 19.8 Å². The summed E-state index contributed by atoms with van der Waals surface area (Å²) in [6.07, 6.45) is 0. The van der Waals surface area contributed by atoms with Gasteiger partial charge in [-0.2, -0.15) is 0 Å². The van der Waals surface area contributed by atoms with Crippen molar-refractivity contribution >= 4 is 17.5 Å². The molecule has 2 aromatic carbocycles. The summed E-state index contributed by atoms with van der Waals surface area (Å²) in [5.74, 6) is 1.41. The highest BCUT2D eigenvalue weighted by molar-refractivity contribution is 6.03. The molecule has 0 radical (unpaired) electrons. The van der Waals surface area contributed by atoms with Crippen molar-refractivity contribution in [2.75, 3.05) is 32.7 Å². The second-order valence-corrected chi connectivity index (χ2v) is 8.14. The van der Waals surface area contributed by atoms with Crippen LogP contribution < -0.4 is 4.74 Å². The quantitative estimate of drug-likeness (QED) is 0.829. The van der Waals surface area contributed by atoms with E-state index in [-0.39, 0.29) is 5.75 Å². The molecule has 0 aliphatic carbocycles. The summed E-state index contributed by atoms with van der Waals surface area (Å²) < 4.78 is 6.04. The van der Waals surface area contributed by atoms with Gasteiger partial charge in [-0.15, -0.1) is 0 Å². The van der Waals surface area contributed by atoms with Gasteiger partial charge in [0, 0.05) is 38.8 Å². The van der Waals surface area contributed by atoms with Crippen LogP contribution >= 0.6 is 0 Å². The van der Waals surface area contributed by atoms with Crippen molar-refractivity contribution in [3.05, 3.63) is 48.0 Å². The highest BCUT2D eigenvalue weighted by Crippen LogP contribution is 2.40. The molecule has 7 heteroatoms. The molecule has 7 nitrogen and oxygen atoms in total. The fraction of sp³-hybridized carbons (Fsp3) is 0.364. The molecule has 152 valence electrons. The largest absolute Gasteiger partial charge is 0.508 e. The van der Waals surface area contributed by atoms with Crippen molar-refractivity contribution in [2.45, 2.75) is 13.8 Å². The van der Waals surface area contributed by atoms with Gasteiger partial charge in [0.25, 0.3) is 0 Å². The first-order chi connectivity index (χ1) is 13.8. The molecular weight excluding hydrogens is 370 g/mol. The van der Waals surface area contributed by atoms with E-state index in [4.69, 9.17) is 9.73 Å². The number of hydrogen-bond acceptors (Lipinski definition) is 6. The number of hydrogen-bond donors (Lipinski definition) is 2. The lowest BCUT2D eigenvalue weighted by Gasteiger charge is -2.38. The fourth-order valence-corrected chi connectivity index (χ4v) is 3.70. The van der Waals surface area contributed by atoms with Gasteiger partial charge in [-0.3, -0.25) is 9.69 Å². The predicted octanol–water partition coefficient (Wildman–Crippen LogP) is 3.30. The Balaban J connectivity index is 1.59. The van der Waals surface area contributed by atoms with Crippen LogP contribution in [0.3, 0.4) is 0 Å². The van der Waals surface area contributed by atoms with E-state index in [1.807, 2.05) is 24.3 Å². The number of phenolic OH excluding ortho intramolecular Hbond substituents is 1. The topological polar surface area (TPSA) is 85.6 Å². The number of aliphatic imine (C=N–C) groups is 1. The third-order valence-electron chi connectivity index (χ3n) is 5.39. The molecule has 2 heterocycles. The van der Waals surface area contributed by atoms with Gasteiger partial charge in [0.15, 0.2) is 5.75 Å². The van der Waals surface area contributed by atoms with Gasteiger partial charge in [0.05, 0.1) is 11.0 Å². The molecule has 29 heavy (non-hydrogen) atoms. The molecule has 2 aliphatic rings. The van der Waals surface area contributed by atoms with Crippen molar-refractivity contribution in [1.82, 2.24) is 9.80 Å². The molecule has 2 aliphatic heterocycles. The number of rotatable bonds is 3. The van der Waals surface area contributed by atoms with E-state index in [2.05, 4.69) is 9.80 Å². The summed E-state index contributed by atoms with van der Waals surface area (Å²) in [7, 11) is 0. The van der Waals surface area contributed by atoms with Crippen molar-refractivity contribution < 1.29 is 19.7 Å². The third kappa shape index (κ3) is 3.91. The number of aliphatic carboxylic acids is 1. The number of aromatic hydroxyl groups is 1. The van der Waals surface area contributed by atoms with Crippen LogP contribution in [0.4, 0.5) is 5.69 Å². The number of fused-ring (bicyclic) bond motifs is 2. The summed E-state index contributed by atoms with van der Waals surface area (Å²) in [4.78, 5) is 20.7. The molecule has 0 spiro atoms. The highest BCUT2D eigenvalue weighted by Gasteiger charge is 2.32. The maximum atomic E-state index is 11.4. The van der Waals surface area contributed by atoms with Crippen LogP contribution in [0.1, 0.15) is 19.4 Å². The maximum Gasteiger partial charge on any atom is 0.310 e. The number of carbonyl (C=O) groups is 1. The number of para-hydroxylation sites is 1. The van der Waals surface area contributed by atoms with Crippen LogP contribution in [0.25, 0.3) is 0 Å².